The minimum absolute atomic E-state index is 0.0709. The van der Waals surface area contributed by atoms with Gasteiger partial charge in [-0.15, -0.1) is 0 Å². The Balaban J connectivity index is 1.99. The van der Waals surface area contributed by atoms with Gasteiger partial charge >= 0.3 is 0 Å². The first kappa shape index (κ1) is 13.9. The van der Waals surface area contributed by atoms with Crippen molar-refractivity contribution in [2.24, 2.45) is 0 Å². The van der Waals surface area contributed by atoms with Gasteiger partial charge in [0, 0.05) is 11.4 Å². The van der Waals surface area contributed by atoms with Crippen LogP contribution in [0.3, 0.4) is 0 Å². The van der Waals surface area contributed by atoms with Gasteiger partial charge in [-0.1, -0.05) is 18.2 Å². The molecule has 4 heteroatoms. The molecule has 0 heterocycles. The molecule has 0 bridgehead atoms. The maximum atomic E-state index is 11.9. The summed E-state index contributed by atoms with van der Waals surface area (Å²) in [5.41, 5.74) is 9.14. The van der Waals surface area contributed by atoms with Crippen molar-refractivity contribution in [2.75, 3.05) is 18.2 Å². The smallest absolute Gasteiger partial charge is 0.228 e. The summed E-state index contributed by atoms with van der Waals surface area (Å²) >= 11 is 0. The molecule has 0 aliphatic rings. The number of anilines is 2. The average Bonchev–Trinajstić information content (AvgIpc) is 2.44. The molecule has 3 N–H and O–H groups in total. The molecule has 0 unspecified atom stereocenters. The normalized spacial score (nSPS) is 10.1. The Kier molecular flexibility index (Phi) is 4.25. The number of benzene rings is 2. The van der Waals surface area contributed by atoms with Crippen molar-refractivity contribution in [1.29, 1.82) is 0 Å². The third-order valence-electron chi connectivity index (χ3n) is 3.09. The molecule has 0 radical (unpaired) electrons. The second kappa shape index (κ2) is 6.10. The molecule has 2 aromatic rings. The number of ether oxygens (including phenoxy) is 1. The van der Waals surface area contributed by atoms with Gasteiger partial charge in [0.1, 0.15) is 5.75 Å². The molecule has 0 saturated carbocycles. The fraction of sp³-hybridized carbons (Fsp3) is 0.188. The highest BCUT2D eigenvalue weighted by Crippen LogP contribution is 2.17. The predicted molar refractivity (Wildman–Crippen MR) is 80.9 cm³/mol. The van der Waals surface area contributed by atoms with E-state index in [2.05, 4.69) is 5.32 Å². The molecule has 0 aromatic heterocycles. The highest BCUT2D eigenvalue weighted by Gasteiger charge is 2.05. The third kappa shape index (κ3) is 3.51. The maximum absolute atomic E-state index is 11.9. The minimum atomic E-state index is -0.0709. The van der Waals surface area contributed by atoms with E-state index in [1.807, 2.05) is 43.3 Å². The predicted octanol–water partition coefficient (Wildman–Crippen LogP) is 2.77. The quantitative estimate of drug-likeness (QED) is 0.840. The number of nitrogens with two attached hydrogens (primary N) is 1. The van der Waals surface area contributed by atoms with Crippen LogP contribution in [-0.4, -0.2) is 13.0 Å². The van der Waals surface area contributed by atoms with Gasteiger partial charge in [0.25, 0.3) is 0 Å². The lowest BCUT2D eigenvalue weighted by Crippen LogP contribution is -2.14. The van der Waals surface area contributed by atoms with Crippen LogP contribution in [-0.2, 0) is 11.2 Å². The zero-order chi connectivity index (χ0) is 14.5. The van der Waals surface area contributed by atoms with E-state index in [9.17, 15) is 4.79 Å². The first-order chi connectivity index (χ1) is 9.58. The fourth-order valence-electron chi connectivity index (χ4n) is 1.85. The summed E-state index contributed by atoms with van der Waals surface area (Å²) in [6.07, 6.45) is 0.317. The van der Waals surface area contributed by atoms with Crippen molar-refractivity contribution in [3.8, 4) is 5.75 Å². The van der Waals surface area contributed by atoms with E-state index in [1.165, 1.54) is 0 Å². The molecule has 0 fully saturated rings. The number of amides is 1. The monoisotopic (exact) mass is 270 g/mol. The second-order valence-corrected chi connectivity index (χ2v) is 4.64. The van der Waals surface area contributed by atoms with Gasteiger partial charge in [0.05, 0.1) is 13.5 Å². The SMILES string of the molecule is COc1ccc(CC(=O)Nc2ccc(C)c(N)c2)cc1. The lowest BCUT2D eigenvalue weighted by Gasteiger charge is -2.08. The molecule has 0 atom stereocenters. The topological polar surface area (TPSA) is 64.3 Å². The van der Waals surface area contributed by atoms with Crippen molar-refractivity contribution in [3.05, 3.63) is 53.6 Å². The van der Waals surface area contributed by atoms with Gasteiger partial charge < -0.3 is 15.8 Å². The van der Waals surface area contributed by atoms with Crippen LogP contribution in [0.25, 0.3) is 0 Å². The summed E-state index contributed by atoms with van der Waals surface area (Å²) in [7, 11) is 1.61. The van der Waals surface area contributed by atoms with E-state index in [0.29, 0.717) is 17.8 Å². The number of aryl methyl sites for hydroxylation is 1. The lowest BCUT2D eigenvalue weighted by atomic mass is 10.1. The molecule has 104 valence electrons. The van der Waals surface area contributed by atoms with E-state index in [4.69, 9.17) is 10.5 Å². The number of nitrogen functional groups attached to an aromatic ring is 1. The zero-order valence-electron chi connectivity index (χ0n) is 11.6. The molecule has 0 spiro atoms. The molecule has 0 aliphatic carbocycles. The van der Waals surface area contributed by atoms with Crippen LogP contribution < -0.4 is 15.8 Å². The molecule has 1 amide bonds. The fourth-order valence-corrected chi connectivity index (χ4v) is 1.85. The Morgan fingerprint density at radius 2 is 1.90 bits per heavy atom. The van der Waals surface area contributed by atoms with Gasteiger partial charge in [0.15, 0.2) is 0 Å². The van der Waals surface area contributed by atoms with Crippen molar-refractivity contribution in [3.63, 3.8) is 0 Å². The van der Waals surface area contributed by atoms with Crippen LogP contribution in [0.1, 0.15) is 11.1 Å². The summed E-state index contributed by atoms with van der Waals surface area (Å²) < 4.78 is 5.08. The number of nitrogens with one attached hydrogen (secondary N) is 1. The highest BCUT2D eigenvalue weighted by atomic mass is 16.5. The van der Waals surface area contributed by atoms with Crippen LogP contribution in [0, 0.1) is 6.92 Å². The van der Waals surface area contributed by atoms with Gasteiger partial charge in [-0.05, 0) is 42.3 Å². The molecular formula is C16H18N2O2. The highest BCUT2D eigenvalue weighted by molar-refractivity contribution is 5.92. The summed E-state index contributed by atoms with van der Waals surface area (Å²) in [6, 6.07) is 12.9. The van der Waals surface area contributed by atoms with Crippen molar-refractivity contribution < 1.29 is 9.53 Å². The molecule has 2 rings (SSSR count). The number of hydrogen-bond donors (Lipinski definition) is 2. The molecule has 0 saturated heterocycles. The Labute approximate surface area is 118 Å². The van der Waals surface area contributed by atoms with E-state index >= 15 is 0 Å². The van der Waals surface area contributed by atoms with Gasteiger partial charge in [-0.3, -0.25) is 4.79 Å². The second-order valence-electron chi connectivity index (χ2n) is 4.64. The number of carbonyl (C=O) groups is 1. The minimum Gasteiger partial charge on any atom is -0.497 e. The van der Waals surface area contributed by atoms with E-state index in [0.717, 1.165) is 16.9 Å². The Morgan fingerprint density at radius 1 is 1.20 bits per heavy atom. The summed E-state index contributed by atoms with van der Waals surface area (Å²) in [4.78, 5) is 11.9. The van der Waals surface area contributed by atoms with Gasteiger partial charge in [-0.25, -0.2) is 0 Å². The first-order valence-corrected chi connectivity index (χ1v) is 6.37. The van der Waals surface area contributed by atoms with Crippen LogP contribution in [0.15, 0.2) is 42.5 Å². The van der Waals surface area contributed by atoms with Gasteiger partial charge in [-0.2, -0.15) is 0 Å². The zero-order valence-corrected chi connectivity index (χ0v) is 11.6. The van der Waals surface area contributed by atoms with E-state index < -0.39 is 0 Å². The van der Waals surface area contributed by atoms with Crippen LogP contribution in [0.4, 0.5) is 11.4 Å². The number of methoxy groups -OCH3 is 1. The van der Waals surface area contributed by atoms with Crippen molar-refractivity contribution in [2.45, 2.75) is 13.3 Å². The first-order valence-electron chi connectivity index (χ1n) is 6.37. The maximum Gasteiger partial charge on any atom is 0.228 e. The van der Waals surface area contributed by atoms with E-state index in [-0.39, 0.29) is 5.91 Å². The molecule has 20 heavy (non-hydrogen) atoms. The lowest BCUT2D eigenvalue weighted by molar-refractivity contribution is -0.115. The Hall–Kier alpha value is -2.49. The van der Waals surface area contributed by atoms with Crippen molar-refractivity contribution in [1.82, 2.24) is 0 Å². The number of carbonyl (C=O) groups excluding carboxylic acids is 1. The Morgan fingerprint density at radius 3 is 2.50 bits per heavy atom. The molecule has 2 aromatic carbocycles. The molecular weight excluding hydrogens is 252 g/mol. The summed E-state index contributed by atoms with van der Waals surface area (Å²) in [6.45, 7) is 1.93. The number of hydrogen-bond acceptors (Lipinski definition) is 3. The van der Waals surface area contributed by atoms with Crippen LogP contribution >= 0.6 is 0 Å². The standard InChI is InChI=1S/C16H18N2O2/c1-11-3-6-13(10-15(11)17)18-16(19)9-12-4-7-14(20-2)8-5-12/h3-8,10H,9,17H2,1-2H3,(H,18,19). The van der Waals surface area contributed by atoms with Gasteiger partial charge in [0.2, 0.25) is 5.91 Å². The van der Waals surface area contributed by atoms with Crippen molar-refractivity contribution >= 4 is 17.3 Å². The number of rotatable bonds is 4. The summed E-state index contributed by atoms with van der Waals surface area (Å²) in [5.74, 6) is 0.707. The van der Waals surface area contributed by atoms with Crippen LogP contribution in [0.2, 0.25) is 0 Å². The molecule has 0 aliphatic heterocycles. The average molecular weight is 270 g/mol. The summed E-state index contributed by atoms with van der Waals surface area (Å²) in [5, 5.41) is 2.84. The molecule has 4 nitrogen and oxygen atoms in total. The van der Waals surface area contributed by atoms with E-state index in [1.54, 1.807) is 13.2 Å². The largest absolute Gasteiger partial charge is 0.497 e. The Bertz CT molecular complexity index is 606. The van der Waals surface area contributed by atoms with Crippen LogP contribution in [0.5, 0.6) is 5.75 Å². The third-order valence-corrected chi connectivity index (χ3v) is 3.09.